The zero-order valence-electron chi connectivity index (χ0n) is 15.7. The first-order valence-electron chi connectivity index (χ1n) is 8.85. The summed E-state index contributed by atoms with van der Waals surface area (Å²) in [6, 6.07) is 9.91. The largest absolute Gasteiger partial charge is 0.354 e. The number of thiophene rings is 1. The Morgan fingerprint density at radius 2 is 1.96 bits per heavy atom. The van der Waals surface area contributed by atoms with Crippen molar-refractivity contribution < 1.29 is 4.79 Å². The van der Waals surface area contributed by atoms with Crippen molar-refractivity contribution in [3.63, 3.8) is 0 Å². The Labute approximate surface area is 165 Å². The second-order valence-electron chi connectivity index (χ2n) is 6.70. The van der Waals surface area contributed by atoms with Crippen molar-refractivity contribution in [1.82, 2.24) is 24.9 Å². The third kappa shape index (κ3) is 4.25. The van der Waals surface area contributed by atoms with Gasteiger partial charge in [0.15, 0.2) is 0 Å². The van der Waals surface area contributed by atoms with Crippen molar-refractivity contribution in [2.45, 2.75) is 32.4 Å². The van der Waals surface area contributed by atoms with Crippen LogP contribution in [0, 0.1) is 0 Å². The van der Waals surface area contributed by atoms with E-state index in [0.29, 0.717) is 25.2 Å². The quantitative estimate of drug-likeness (QED) is 0.607. The van der Waals surface area contributed by atoms with E-state index in [1.807, 2.05) is 17.5 Å². The average molecular weight is 399 g/mol. The summed E-state index contributed by atoms with van der Waals surface area (Å²) in [6.07, 6.45) is 2.08. The van der Waals surface area contributed by atoms with Crippen LogP contribution in [0.3, 0.4) is 0 Å². The van der Waals surface area contributed by atoms with Crippen LogP contribution in [-0.2, 0) is 16.9 Å². The number of nitrogens with one attached hydrogen (secondary N) is 1. The summed E-state index contributed by atoms with van der Waals surface area (Å²) in [5, 5.41) is 13.1. The van der Waals surface area contributed by atoms with Gasteiger partial charge in [-0.05, 0) is 43.8 Å². The van der Waals surface area contributed by atoms with Crippen molar-refractivity contribution in [1.29, 1.82) is 0 Å². The van der Waals surface area contributed by atoms with Gasteiger partial charge < -0.3 is 5.32 Å². The first-order chi connectivity index (χ1) is 13.4. The van der Waals surface area contributed by atoms with Crippen LogP contribution in [0.15, 0.2) is 57.6 Å². The molecule has 0 spiro atoms. The first kappa shape index (κ1) is 19.7. The van der Waals surface area contributed by atoms with Gasteiger partial charge in [0.05, 0.1) is 4.88 Å². The smallest absolute Gasteiger partial charge is 0.267 e. The molecule has 8 nitrogen and oxygen atoms in total. The Bertz CT molecular complexity index is 1070. The van der Waals surface area contributed by atoms with E-state index in [1.165, 1.54) is 32.8 Å². The lowest BCUT2D eigenvalue weighted by Crippen LogP contribution is -2.50. The number of amides is 1. The van der Waals surface area contributed by atoms with Gasteiger partial charge in [-0.3, -0.25) is 14.4 Å². The summed E-state index contributed by atoms with van der Waals surface area (Å²) in [4.78, 5) is 37.6. The molecule has 28 heavy (non-hydrogen) atoms. The minimum atomic E-state index is -1.16. The highest BCUT2D eigenvalue weighted by Gasteiger charge is 2.32. The third-order valence-electron chi connectivity index (χ3n) is 4.28. The molecule has 3 rings (SSSR count). The minimum Gasteiger partial charge on any atom is -0.354 e. The zero-order chi connectivity index (χ0) is 20.1. The summed E-state index contributed by atoms with van der Waals surface area (Å²) in [5.41, 5.74) is -1.05. The van der Waals surface area contributed by atoms with Gasteiger partial charge in [0, 0.05) is 31.4 Å². The van der Waals surface area contributed by atoms with Gasteiger partial charge in [-0.15, -0.1) is 11.3 Å². The maximum absolute atomic E-state index is 12.7. The third-order valence-corrected chi connectivity index (χ3v) is 5.17. The summed E-state index contributed by atoms with van der Waals surface area (Å²) >= 11 is 1.51. The second-order valence-corrected chi connectivity index (χ2v) is 7.65. The van der Waals surface area contributed by atoms with Crippen LogP contribution < -0.4 is 16.4 Å². The van der Waals surface area contributed by atoms with Crippen LogP contribution in [0.2, 0.25) is 0 Å². The molecule has 0 aliphatic rings. The number of rotatable bonds is 7. The van der Waals surface area contributed by atoms with Crippen molar-refractivity contribution in [3.05, 3.63) is 68.7 Å². The number of hydrogen-bond donors (Lipinski definition) is 1. The topological polar surface area (TPSA) is 98.9 Å². The number of carbonyl (C=O) groups excluding carboxylic acids is 1. The van der Waals surface area contributed by atoms with Gasteiger partial charge >= 0.3 is 0 Å². The molecular weight excluding hydrogens is 378 g/mol. The first-order valence-corrected chi connectivity index (χ1v) is 9.73. The lowest BCUT2D eigenvalue weighted by Gasteiger charge is -2.25. The van der Waals surface area contributed by atoms with Crippen LogP contribution >= 0.6 is 11.3 Å². The Balaban J connectivity index is 1.67. The van der Waals surface area contributed by atoms with E-state index >= 15 is 0 Å². The Kier molecular flexibility index (Phi) is 5.84. The molecule has 0 radical (unpaired) electrons. The molecule has 0 unspecified atom stereocenters. The Morgan fingerprint density at radius 3 is 2.68 bits per heavy atom. The maximum Gasteiger partial charge on any atom is 0.267 e. The van der Waals surface area contributed by atoms with Crippen molar-refractivity contribution in [3.8, 4) is 10.6 Å². The van der Waals surface area contributed by atoms with Crippen LogP contribution in [0.4, 0.5) is 0 Å². The molecule has 0 bridgehead atoms. The molecule has 1 N–H and O–H groups in total. The van der Waals surface area contributed by atoms with Crippen molar-refractivity contribution >= 4 is 17.2 Å². The highest BCUT2D eigenvalue weighted by molar-refractivity contribution is 7.13. The fraction of sp³-hybridized carbons (Fsp3) is 0.316. The number of aryl methyl sites for hydroxylation is 1. The van der Waals surface area contributed by atoms with Crippen LogP contribution in [0.25, 0.3) is 10.6 Å². The molecule has 0 aromatic carbocycles. The maximum atomic E-state index is 12.7. The summed E-state index contributed by atoms with van der Waals surface area (Å²) in [5.74, 6) is -0.321. The molecule has 0 aliphatic heterocycles. The van der Waals surface area contributed by atoms with Crippen LogP contribution in [0.5, 0.6) is 0 Å². The second kappa shape index (κ2) is 8.30. The predicted molar refractivity (Wildman–Crippen MR) is 107 cm³/mol. The van der Waals surface area contributed by atoms with Crippen LogP contribution in [-0.4, -0.2) is 32.0 Å². The molecular formula is C19H21N5O3S. The van der Waals surface area contributed by atoms with Crippen molar-refractivity contribution in [2.75, 3.05) is 6.54 Å². The molecule has 0 aliphatic carbocycles. The van der Waals surface area contributed by atoms with E-state index in [-0.39, 0.29) is 17.0 Å². The van der Waals surface area contributed by atoms with Crippen molar-refractivity contribution in [2.24, 2.45) is 0 Å². The van der Waals surface area contributed by atoms with Gasteiger partial charge in [0.25, 0.3) is 11.1 Å². The molecule has 0 saturated carbocycles. The number of aromatic nitrogens is 4. The number of nitrogens with zero attached hydrogens (tertiary/aromatic N) is 4. The molecule has 9 heteroatoms. The normalized spacial score (nSPS) is 11.4. The van der Waals surface area contributed by atoms with Gasteiger partial charge in [-0.25, -0.2) is 9.36 Å². The summed E-state index contributed by atoms with van der Waals surface area (Å²) in [7, 11) is 0. The molecule has 0 fully saturated rings. The molecule has 146 valence electrons. The number of hydrogen-bond acceptors (Lipinski definition) is 6. The fourth-order valence-electron chi connectivity index (χ4n) is 2.67. The molecule has 1 amide bonds. The minimum absolute atomic E-state index is 0.185. The van der Waals surface area contributed by atoms with Gasteiger partial charge in [-0.2, -0.15) is 10.2 Å². The van der Waals surface area contributed by atoms with E-state index in [4.69, 9.17) is 0 Å². The Morgan fingerprint density at radius 1 is 1.14 bits per heavy atom. The SMILES string of the molecule is CC(C)(C(=O)NCCCn1ncccc1=O)n1nc(-c2cccs2)ccc1=O. The standard InChI is InChI=1S/C19H21N5O3S/c1-19(2,18(27)20-10-5-12-23-16(25)7-3-11-21-23)24-17(26)9-8-14(22-24)15-6-4-13-28-15/h3-4,6-9,11,13H,5,10,12H2,1-2H3,(H,20,27). The molecule has 3 aromatic rings. The van der Waals surface area contributed by atoms with Gasteiger partial charge in [0.2, 0.25) is 5.91 Å². The predicted octanol–water partition coefficient (Wildman–Crippen LogP) is 1.47. The van der Waals surface area contributed by atoms with E-state index in [2.05, 4.69) is 15.5 Å². The molecule has 0 atom stereocenters. The highest BCUT2D eigenvalue weighted by Crippen LogP contribution is 2.22. The summed E-state index contributed by atoms with van der Waals surface area (Å²) in [6.45, 7) is 4.05. The van der Waals surface area contributed by atoms with E-state index in [0.717, 1.165) is 4.88 Å². The summed E-state index contributed by atoms with van der Waals surface area (Å²) < 4.78 is 2.55. The van der Waals surface area contributed by atoms with Gasteiger partial charge in [-0.1, -0.05) is 6.07 Å². The molecule has 0 saturated heterocycles. The monoisotopic (exact) mass is 399 g/mol. The highest BCUT2D eigenvalue weighted by atomic mass is 32.1. The van der Waals surface area contributed by atoms with E-state index in [9.17, 15) is 14.4 Å². The van der Waals surface area contributed by atoms with E-state index < -0.39 is 5.54 Å². The lowest BCUT2D eigenvalue weighted by molar-refractivity contribution is -0.129. The zero-order valence-corrected chi connectivity index (χ0v) is 16.5. The molecule has 3 aromatic heterocycles. The lowest BCUT2D eigenvalue weighted by atomic mass is 10.0. The fourth-order valence-corrected chi connectivity index (χ4v) is 3.36. The Hall–Kier alpha value is -3.07. The van der Waals surface area contributed by atoms with Gasteiger partial charge in [0.1, 0.15) is 11.2 Å². The van der Waals surface area contributed by atoms with E-state index in [1.54, 1.807) is 32.2 Å². The molecule has 3 heterocycles. The van der Waals surface area contributed by atoms with Crippen LogP contribution in [0.1, 0.15) is 20.3 Å². The number of carbonyl (C=O) groups is 1. The average Bonchev–Trinajstić information content (AvgIpc) is 3.21.